The second-order valence-electron chi connectivity index (χ2n) is 12.2. The van der Waals surface area contributed by atoms with Gasteiger partial charge in [0.05, 0.1) is 6.61 Å². The molecule has 0 saturated carbocycles. The monoisotopic (exact) mass is 672 g/mol. The molecule has 0 aliphatic heterocycles. The number of esters is 2. The Labute approximate surface area is 279 Å². The number of ether oxygens (including phenoxy) is 2. The average Bonchev–Trinajstić information content (AvgIpc) is 3.01. The first-order valence-electron chi connectivity index (χ1n) is 18.1. The Hall–Kier alpha value is -1.80. The highest BCUT2D eigenvalue weighted by molar-refractivity contribution is 7.46. The third-order valence-corrected chi connectivity index (χ3v) is 8.18. The van der Waals surface area contributed by atoms with Crippen LogP contribution < -0.4 is 0 Å². The Kier molecular flexibility index (Phi) is 30.5. The van der Waals surface area contributed by atoms with Gasteiger partial charge in [-0.15, -0.1) is 0 Å². The number of hydrogen-bond acceptors (Lipinski definition) is 7. The average molecular weight is 673 g/mol. The summed E-state index contributed by atoms with van der Waals surface area (Å²) in [5.74, 6) is -0.864. The molecule has 0 fully saturated rings. The molecule has 46 heavy (non-hydrogen) atoms. The Morgan fingerprint density at radius 3 is 1.63 bits per heavy atom. The van der Waals surface area contributed by atoms with E-state index in [-0.39, 0.29) is 25.2 Å². The van der Waals surface area contributed by atoms with E-state index in [0.29, 0.717) is 19.3 Å². The van der Waals surface area contributed by atoms with Gasteiger partial charge in [-0.05, 0) is 38.2 Å². The van der Waals surface area contributed by atoms with Crippen molar-refractivity contribution >= 4 is 25.5 Å². The van der Waals surface area contributed by atoms with Crippen LogP contribution >= 0.6 is 7.82 Å². The topological polar surface area (TPSA) is 136 Å². The molecular weight excluding hydrogens is 607 g/mol. The highest BCUT2D eigenvalue weighted by Gasteiger charge is 2.22. The zero-order chi connectivity index (χ0) is 34.1. The van der Waals surface area contributed by atoms with E-state index >= 15 is 0 Å². The Morgan fingerprint density at radius 2 is 1.09 bits per heavy atom. The molecule has 0 spiro atoms. The first-order chi connectivity index (χ1) is 22.2. The van der Waals surface area contributed by atoms with Crippen LogP contribution in [0.5, 0.6) is 0 Å². The Balaban J connectivity index is 4.08. The highest BCUT2D eigenvalue weighted by Crippen LogP contribution is 2.36. The summed E-state index contributed by atoms with van der Waals surface area (Å²) >= 11 is 0. The molecule has 9 nitrogen and oxygen atoms in total. The maximum atomic E-state index is 12.3. The van der Waals surface area contributed by atoms with E-state index in [0.717, 1.165) is 51.4 Å². The van der Waals surface area contributed by atoms with Crippen LogP contribution in [0.1, 0.15) is 168 Å². The second kappa shape index (κ2) is 31.8. The van der Waals surface area contributed by atoms with Gasteiger partial charge in [0, 0.05) is 19.3 Å². The molecule has 10 heteroatoms. The van der Waals surface area contributed by atoms with Crippen molar-refractivity contribution in [2.45, 2.75) is 174 Å². The van der Waals surface area contributed by atoms with Crippen LogP contribution in [-0.4, -0.2) is 46.8 Å². The number of carbonyl (C=O) groups excluding carboxylic acids is 3. The van der Waals surface area contributed by atoms with E-state index < -0.39 is 32.5 Å². The van der Waals surface area contributed by atoms with Crippen LogP contribution in [0.15, 0.2) is 24.3 Å². The molecule has 0 radical (unpaired) electrons. The molecule has 0 rings (SSSR count). The highest BCUT2D eigenvalue weighted by atomic mass is 31.2. The van der Waals surface area contributed by atoms with Gasteiger partial charge in [-0.25, -0.2) is 4.57 Å². The number of phosphoric ester groups is 1. The molecular formula is C36H65O9P. The molecule has 0 aromatic rings. The van der Waals surface area contributed by atoms with E-state index in [1.165, 1.54) is 70.6 Å². The molecule has 0 unspecified atom stereocenters. The summed E-state index contributed by atoms with van der Waals surface area (Å²) in [6.07, 6.45) is 30.1. The minimum atomic E-state index is -4.77. The van der Waals surface area contributed by atoms with Crippen molar-refractivity contribution < 1.29 is 42.7 Å². The molecule has 268 valence electrons. The van der Waals surface area contributed by atoms with Gasteiger partial charge in [-0.3, -0.25) is 18.9 Å². The predicted molar refractivity (Wildman–Crippen MR) is 184 cm³/mol. The van der Waals surface area contributed by atoms with Crippen LogP contribution in [0.3, 0.4) is 0 Å². The van der Waals surface area contributed by atoms with Crippen LogP contribution in [0.2, 0.25) is 0 Å². The fourth-order valence-electron chi connectivity index (χ4n) is 4.94. The summed E-state index contributed by atoms with van der Waals surface area (Å²) in [4.78, 5) is 54.5. The zero-order valence-electron chi connectivity index (χ0n) is 29.0. The standard InChI is InChI=1S/C36H65O9P/c1-3-5-7-9-11-12-13-14-15-17-21-25-29-35(38)43-31-34(32-44-46(40,41)42)45-36(39)30-26-22-18-20-24-28-33(37)27-23-19-16-10-8-6-4-2/h16,19,23,27,34H,3-15,17-18,20-22,24-26,28-32H2,1-2H3,(H2,40,41,42)/b19-16-,27-23+/t34-/m1/s1. The van der Waals surface area contributed by atoms with Crippen molar-refractivity contribution in [3.05, 3.63) is 24.3 Å². The quantitative estimate of drug-likeness (QED) is 0.0229. The molecule has 0 amide bonds. The maximum Gasteiger partial charge on any atom is 0.469 e. The number of ketones is 1. The number of unbranched alkanes of at least 4 members (excludes halogenated alkanes) is 18. The van der Waals surface area contributed by atoms with E-state index in [1.54, 1.807) is 12.2 Å². The zero-order valence-corrected chi connectivity index (χ0v) is 29.9. The molecule has 0 aromatic heterocycles. The minimum Gasteiger partial charge on any atom is -0.462 e. The third-order valence-electron chi connectivity index (χ3n) is 7.70. The lowest BCUT2D eigenvalue weighted by Gasteiger charge is -2.18. The van der Waals surface area contributed by atoms with Crippen molar-refractivity contribution in [2.24, 2.45) is 0 Å². The van der Waals surface area contributed by atoms with Crippen LogP contribution in [-0.2, 0) is 32.9 Å². The van der Waals surface area contributed by atoms with Gasteiger partial charge in [-0.2, -0.15) is 0 Å². The van der Waals surface area contributed by atoms with Crippen LogP contribution in [0.25, 0.3) is 0 Å². The van der Waals surface area contributed by atoms with Gasteiger partial charge >= 0.3 is 19.8 Å². The Morgan fingerprint density at radius 1 is 0.609 bits per heavy atom. The van der Waals surface area contributed by atoms with Gasteiger partial charge in [0.15, 0.2) is 11.9 Å². The van der Waals surface area contributed by atoms with Gasteiger partial charge in [-0.1, -0.05) is 135 Å². The molecule has 1 atom stereocenters. The normalized spacial score (nSPS) is 12.6. The SMILES string of the molecule is CCCCC/C=C\C=C\C(=O)CCCCCCCC(=O)O[C@H](COC(=O)CCCCCCCCCCCCCC)COP(=O)(O)O. The van der Waals surface area contributed by atoms with Gasteiger partial charge in [0.2, 0.25) is 0 Å². The number of hydrogen-bond donors (Lipinski definition) is 2. The van der Waals surface area contributed by atoms with E-state index in [2.05, 4.69) is 24.4 Å². The van der Waals surface area contributed by atoms with Crippen molar-refractivity contribution in [3.8, 4) is 0 Å². The number of phosphoric acid groups is 1. The van der Waals surface area contributed by atoms with Gasteiger partial charge in [0.25, 0.3) is 0 Å². The van der Waals surface area contributed by atoms with Crippen molar-refractivity contribution in [2.75, 3.05) is 13.2 Å². The predicted octanol–water partition coefficient (Wildman–Crippen LogP) is 9.63. The largest absolute Gasteiger partial charge is 0.469 e. The summed E-state index contributed by atoms with van der Waals surface area (Å²) in [6, 6.07) is 0. The first-order valence-corrected chi connectivity index (χ1v) is 19.6. The number of rotatable bonds is 33. The molecule has 2 N–H and O–H groups in total. The molecule has 0 bridgehead atoms. The smallest absolute Gasteiger partial charge is 0.462 e. The van der Waals surface area contributed by atoms with Crippen LogP contribution in [0.4, 0.5) is 0 Å². The van der Waals surface area contributed by atoms with E-state index in [9.17, 15) is 18.9 Å². The summed E-state index contributed by atoms with van der Waals surface area (Å²) in [5.41, 5.74) is 0. The second-order valence-corrected chi connectivity index (χ2v) is 13.5. The summed E-state index contributed by atoms with van der Waals surface area (Å²) in [5, 5.41) is 0. The van der Waals surface area contributed by atoms with Gasteiger partial charge < -0.3 is 19.3 Å². The third kappa shape index (κ3) is 33.6. The molecule has 0 aromatic carbocycles. The summed E-state index contributed by atoms with van der Waals surface area (Å²) in [6.45, 7) is 3.51. The first kappa shape index (κ1) is 44.2. The lowest BCUT2D eigenvalue weighted by Crippen LogP contribution is -2.29. The van der Waals surface area contributed by atoms with Crippen LogP contribution in [0, 0.1) is 0 Å². The molecule has 0 heterocycles. The van der Waals surface area contributed by atoms with Crippen molar-refractivity contribution in [1.29, 1.82) is 0 Å². The molecule has 0 aliphatic carbocycles. The lowest BCUT2D eigenvalue weighted by molar-refractivity contribution is -0.161. The number of allylic oxidation sites excluding steroid dienone is 4. The lowest BCUT2D eigenvalue weighted by atomic mass is 10.0. The van der Waals surface area contributed by atoms with Gasteiger partial charge in [0.1, 0.15) is 6.61 Å². The van der Waals surface area contributed by atoms with E-state index in [4.69, 9.17) is 19.3 Å². The molecule has 0 aliphatic rings. The summed E-state index contributed by atoms with van der Waals surface area (Å²) < 4.78 is 26.2. The van der Waals surface area contributed by atoms with E-state index in [1.807, 2.05) is 6.08 Å². The van der Waals surface area contributed by atoms with Crippen molar-refractivity contribution in [1.82, 2.24) is 0 Å². The fourth-order valence-corrected chi connectivity index (χ4v) is 5.30. The van der Waals surface area contributed by atoms with Crippen molar-refractivity contribution in [3.63, 3.8) is 0 Å². The minimum absolute atomic E-state index is 0.111. The number of carbonyl (C=O) groups is 3. The fraction of sp³-hybridized carbons (Fsp3) is 0.806. The maximum absolute atomic E-state index is 12.3. The molecule has 0 saturated heterocycles. The Bertz CT molecular complexity index is 866. The summed E-state index contributed by atoms with van der Waals surface area (Å²) in [7, 11) is -4.77.